The van der Waals surface area contributed by atoms with Crippen LogP contribution in [0.1, 0.15) is 11.1 Å². The molecule has 0 aliphatic heterocycles. The van der Waals surface area contributed by atoms with Gasteiger partial charge in [-0.25, -0.2) is 9.78 Å². The van der Waals surface area contributed by atoms with Crippen molar-refractivity contribution in [1.29, 1.82) is 5.26 Å². The van der Waals surface area contributed by atoms with Gasteiger partial charge in [0.2, 0.25) is 0 Å². The first-order valence-corrected chi connectivity index (χ1v) is 8.36. The maximum atomic E-state index is 12.4. The minimum atomic E-state index is -0.256. The molecule has 0 saturated carbocycles. The van der Waals surface area contributed by atoms with Gasteiger partial charge < -0.3 is 0 Å². The zero-order valence-corrected chi connectivity index (χ0v) is 14.4. The molecular weight excluding hydrogens is 348 g/mol. The number of hydrogen-bond donors (Lipinski definition) is 1. The summed E-state index contributed by atoms with van der Waals surface area (Å²) in [6.07, 6.45) is 1.72. The van der Waals surface area contributed by atoms with Crippen molar-refractivity contribution >= 4 is 22.8 Å². The topological polar surface area (TPSA) is 74.5 Å². The molecule has 0 atom stereocenters. The van der Waals surface area contributed by atoms with Crippen LogP contribution in [0.15, 0.2) is 65.6 Å². The van der Waals surface area contributed by atoms with Gasteiger partial charge in [0.25, 0.3) is 0 Å². The minimum Gasteiger partial charge on any atom is -0.290 e. The summed E-state index contributed by atoms with van der Waals surface area (Å²) < 4.78 is 1.60. The monoisotopic (exact) mass is 360 g/mol. The standard InChI is InChI=1S/C20H13ClN4O/c21-17-7-5-13(6-8-17)16-9-18-19(23-11-16)24-20(26)25(18)12-15-4-2-1-3-14(15)10-22/h1-9,11H,12H2,(H,23,24,26). The van der Waals surface area contributed by atoms with Gasteiger partial charge in [-0.2, -0.15) is 5.26 Å². The number of nitrogens with zero attached hydrogens (tertiary/aromatic N) is 3. The molecule has 0 amide bonds. The van der Waals surface area contributed by atoms with E-state index in [4.69, 9.17) is 11.6 Å². The molecule has 2 heterocycles. The van der Waals surface area contributed by atoms with Crippen LogP contribution in [-0.2, 0) is 6.54 Å². The van der Waals surface area contributed by atoms with E-state index in [0.717, 1.165) is 16.7 Å². The highest BCUT2D eigenvalue weighted by Gasteiger charge is 2.12. The van der Waals surface area contributed by atoms with Crippen molar-refractivity contribution in [2.45, 2.75) is 6.54 Å². The summed E-state index contributed by atoms with van der Waals surface area (Å²) in [6, 6.07) is 18.8. The average Bonchev–Trinajstić information content (AvgIpc) is 2.97. The van der Waals surface area contributed by atoms with E-state index in [2.05, 4.69) is 16.0 Å². The first-order valence-electron chi connectivity index (χ1n) is 7.98. The number of imidazole rings is 1. The van der Waals surface area contributed by atoms with Crippen LogP contribution < -0.4 is 5.69 Å². The van der Waals surface area contributed by atoms with Crippen molar-refractivity contribution in [2.75, 3.05) is 0 Å². The summed E-state index contributed by atoms with van der Waals surface area (Å²) in [5.41, 5.74) is 4.13. The molecule has 0 fully saturated rings. The molecule has 4 rings (SSSR count). The van der Waals surface area contributed by atoms with Crippen molar-refractivity contribution in [1.82, 2.24) is 14.5 Å². The lowest BCUT2D eigenvalue weighted by atomic mass is 10.1. The second-order valence-electron chi connectivity index (χ2n) is 5.88. The predicted octanol–water partition coefficient (Wildman–Crippen LogP) is 3.96. The molecule has 5 nitrogen and oxygen atoms in total. The Morgan fingerprint density at radius 3 is 2.65 bits per heavy atom. The number of nitrogens with one attached hydrogen (secondary N) is 1. The third-order valence-corrected chi connectivity index (χ3v) is 4.52. The number of H-pyrrole nitrogens is 1. The predicted molar refractivity (Wildman–Crippen MR) is 101 cm³/mol. The fourth-order valence-corrected chi connectivity index (χ4v) is 3.05. The Bertz CT molecular complexity index is 1200. The highest BCUT2D eigenvalue weighted by molar-refractivity contribution is 6.30. The van der Waals surface area contributed by atoms with Gasteiger partial charge in [-0.15, -0.1) is 0 Å². The lowest BCUT2D eigenvalue weighted by Crippen LogP contribution is -2.17. The summed E-state index contributed by atoms with van der Waals surface area (Å²) in [5.74, 6) is 0. The van der Waals surface area contributed by atoms with Crippen LogP contribution in [0.4, 0.5) is 0 Å². The van der Waals surface area contributed by atoms with Gasteiger partial charge in [0.1, 0.15) is 0 Å². The van der Waals surface area contributed by atoms with E-state index in [1.54, 1.807) is 22.9 Å². The smallest absolute Gasteiger partial charge is 0.290 e. The van der Waals surface area contributed by atoms with E-state index in [1.165, 1.54) is 0 Å². The highest BCUT2D eigenvalue weighted by Crippen LogP contribution is 2.24. The van der Waals surface area contributed by atoms with Crippen LogP contribution in [-0.4, -0.2) is 14.5 Å². The van der Waals surface area contributed by atoms with Crippen LogP contribution in [0.5, 0.6) is 0 Å². The molecule has 126 valence electrons. The number of pyridine rings is 1. The van der Waals surface area contributed by atoms with Gasteiger partial charge in [-0.1, -0.05) is 41.9 Å². The van der Waals surface area contributed by atoms with Crippen molar-refractivity contribution in [3.63, 3.8) is 0 Å². The summed E-state index contributed by atoms with van der Waals surface area (Å²) in [4.78, 5) is 19.5. The van der Waals surface area contributed by atoms with Gasteiger partial charge in [0.05, 0.1) is 23.7 Å². The Morgan fingerprint density at radius 2 is 1.88 bits per heavy atom. The second-order valence-corrected chi connectivity index (χ2v) is 6.32. The minimum absolute atomic E-state index is 0.256. The normalized spacial score (nSPS) is 10.8. The Morgan fingerprint density at radius 1 is 1.12 bits per heavy atom. The number of rotatable bonds is 3. The van der Waals surface area contributed by atoms with Crippen molar-refractivity contribution in [2.24, 2.45) is 0 Å². The van der Waals surface area contributed by atoms with E-state index >= 15 is 0 Å². The molecule has 26 heavy (non-hydrogen) atoms. The van der Waals surface area contributed by atoms with Crippen LogP contribution >= 0.6 is 11.6 Å². The molecule has 2 aromatic carbocycles. The number of aromatic amines is 1. The van der Waals surface area contributed by atoms with Crippen molar-refractivity contribution < 1.29 is 0 Å². The number of aromatic nitrogens is 3. The maximum Gasteiger partial charge on any atom is 0.327 e. The molecule has 0 aliphatic rings. The number of hydrogen-bond acceptors (Lipinski definition) is 3. The first kappa shape index (κ1) is 16.1. The quantitative estimate of drug-likeness (QED) is 0.600. The number of fused-ring (bicyclic) bond motifs is 1. The van der Waals surface area contributed by atoms with Gasteiger partial charge in [0.15, 0.2) is 5.65 Å². The average molecular weight is 361 g/mol. The molecule has 0 spiro atoms. The first-order chi connectivity index (χ1) is 12.7. The highest BCUT2D eigenvalue weighted by atomic mass is 35.5. The molecule has 4 aromatic rings. The van der Waals surface area contributed by atoms with E-state index in [1.807, 2.05) is 42.5 Å². The fourth-order valence-electron chi connectivity index (χ4n) is 2.93. The largest absolute Gasteiger partial charge is 0.327 e. The fraction of sp³-hybridized carbons (Fsp3) is 0.0500. The third-order valence-electron chi connectivity index (χ3n) is 4.27. The van der Waals surface area contributed by atoms with Crippen LogP contribution in [0.3, 0.4) is 0 Å². The lowest BCUT2D eigenvalue weighted by Gasteiger charge is -2.07. The molecule has 0 saturated heterocycles. The zero-order valence-electron chi connectivity index (χ0n) is 13.6. The van der Waals surface area contributed by atoms with Crippen LogP contribution in [0.25, 0.3) is 22.3 Å². The number of benzene rings is 2. The van der Waals surface area contributed by atoms with E-state index in [9.17, 15) is 10.1 Å². The van der Waals surface area contributed by atoms with Gasteiger partial charge in [-0.05, 0) is 35.4 Å². The van der Waals surface area contributed by atoms with E-state index < -0.39 is 0 Å². The Balaban J connectivity index is 1.83. The maximum absolute atomic E-state index is 12.4. The molecular formula is C20H13ClN4O. The Kier molecular flexibility index (Phi) is 4.04. The molecule has 6 heteroatoms. The summed E-state index contributed by atoms with van der Waals surface area (Å²) in [7, 11) is 0. The van der Waals surface area contributed by atoms with Crippen LogP contribution in [0.2, 0.25) is 5.02 Å². The third kappa shape index (κ3) is 2.87. The molecule has 0 unspecified atom stereocenters. The van der Waals surface area contributed by atoms with Gasteiger partial charge >= 0.3 is 5.69 Å². The van der Waals surface area contributed by atoms with Crippen molar-refractivity contribution in [3.8, 4) is 17.2 Å². The van der Waals surface area contributed by atoms with E-state index in [-0.39, 0.29) is 5.69 Å². The molecule has 0 aliphatic carbocycles. The van der Waals surface area contributed by atoms with E-state index in [0.29, 0.717) is 28.3 Å². The molecule has 0 bridgehead atoms. The second kappa shape index (κ2) is 6.51. The SMILES string of the molecule is N#Cc1ccccc1Cn1c(=O)[nH]c2ncc(-c3ccc(Cl)cc3)cc21. The number of halogens is 1. The van der Waals surface area contributed by atoms with Crippen LogP contribution in [0, 0.1) is 11.3 Å². The molecule has 0 radical (unpaired) electrons. The summed E-state index contributed by atoms with van der Waals surface area (Å²) in [5, 5.41) is 9.94. The Labute approximate surface area is 154 Å². The van der Waals surface area contributed by atoms with Gasteiger partial charge in [-0.3, -0.25) is 9.55 Å². The summed E-state index contributed by atoms with van der Waals surface area (Å²) in [6.45, 7) is 0.300. The Hall–Kier alpha value is -3.36. The zero-order chi connectivity index (χ0) is 18.1. The molecule has 2 aromatic heterocycles. The molecule has 1 N–H and O–H groups in total. The lowest BCUT2D eigenvalue weighted by molar-refractivity contribution is 0.785. The summed E-state index contributed by atoms with van der Waals surface area (Å²) >= 11 is 5.95. The van der Waals surface area contributed by atoms with Crippen molar-refractivity contribution in [3.05, 3.63) is 87.4 Å². The number of nitriles is 1. The van der Waals surface area contributed by atoms with Gasteiger partial charge in [0, 0.05) is 16.8 Å².